The van der Waals surface area contributed by atoms with Crippen LogP contribution in [0.2, 0.25) is 0 Å². The molecule has 43 heavy (non-hydrogen) atoms. The average molecular weight is 601 g/mol. The van der Waals surface area contributed by atoms with Gasteiger partial charge in [-0.05, 0) is 60.7 Å². The van der Waals surface area contributed by atoms with Crippen LogP contribution in [-0.4, -0.2) is 0 Å². The van der Waals surface area contributed by atoms with Gasteiger partial charge in [-0.25, -0.2) is 0 Å². The van der Waals surface area contributed by atoms with Crippen molar-refractivity contribution in [1.29, 1.82) is 0 Å². The molecule has 256 valence electrons. The zero-order valence-corrected chi connectivity index (χ0v) is 31.0. The van der Waals surface area contributed by atoms with E-state index in [1.54, 1.807) is 0 Å². The van der Waals surface area contributed by atoms with E-state index < -0.39 is 0 Å². The highest BCUT2D eigenvalue weighted by Gasteiger charge is 2.20. The van der Waals surface area contributed by atoms with E-state index in [4.69, 9.17) is 0 Å². The Morgan fingerprint density at radius 2 is 0.581 bits per heavy atom. The molecule has 0 aromatic carbocycles. The fraction of sp³-hybridized carbons (Fsp3) is 1.00. The van der Waals surface area contributed by atoms with Crippen LogP contribution in [0.15, 0.2) is 0 Å². The summed E-state index contributed by atoms with van der Waals surface area (Å²) in [6.45, 7) is 13.0. The molecule has 0 nitrogen and oxygen atoms in total. The maximum atomic E-state index is 2.64. The van der Waals surface area contributed by atoms with Gasteiger partial charge in [-0.1, -0.05) is 214 Å². The summed E-state index contributed by atoms with van der Waals surface area (Å²) in [6, 6.07) is 0. The summed E-state index contributed by atoms with van der Waals surface area (Å²) in [6.07, 6.45) is 46.3. The van der Waals surface area contributed by atoms with Gasteiger partial charge in [0.2, 0.25) is 0 Å². The molecule has 0 N–H and O–H groups in total. The minimum Gasteiger partial charge on any atom is -0.0625 e. The molecule has 0 aromatic heterocycles. The highest BCUT2D eigenvalue weighted by atomic mass is 14.3. The Morgan fingerprint density at radius 1 is 0.256 bits per heavy atom. The highest BCUT2D eigenvalue weighted by molar-refractivity contribution is 4.72. The molecule has 2 aliphatic rings. The number of fused-ring (bicyclic) bond motifs is 9. The van der Waals surface area contributed by atoms with Crippen molar-refractivity contribution in [2.24, 2.45) is 41.4 Å². The standard InChI is InChI=1S/C43H84/c1-37-25-22-28-41(5)43-32-21-19-17-15-13-11-9-7-6-8-10-12-14-16-18-20-29-42(30-23-26-38(2)35-37)31-24-27-39(3)36-40(4)33-34-43/h37-43H,6-36H2,1-5H3. The van der Waals surface area contributed by atoms with Gasteiger partial charge in [-0.3, -0.25) is 0 Å². The zero-order chi connectivity index (χ0) is 31.0. The lowest BCUT2D eigenvalue weighted by atomic mass is 9.79. The van der Waals surface area contributed by atoms with Crippen molar-refractivity contribution in [3.05, 3.63) is 0 Å². The molecule has 0 heteroatoms. The molecule has 7 unspecified atom stereocenters. The van der Waals surface area contributed by atoms with E-state index in [-0.39, 0.29) is 0 Å². The van der Waals surface area contributed by atoms with Gasteiger partial charge in [-0.2, -0.15) is 0 Å². The predicted molar refractivity (Wildman–Crippen MR) is 196 cm³/mol. The normalized spacial score (nSPS) is 35.2. The van der Waals surface area contributed by atoms with Gasteiger partial charge in [0.05, 0.1) is 0 Å². The second-order valence-electron chi connectivity index (χ2n) is 17.1. The molecule has 0 aliphatic heterocycles. The van der Waals surface area contributed by atoms with Crippen LogP contribution in [0.3, 0.4) is 0 Å². The van der Waals surface area contributed by atoms with Gasteiger partial charge in [0.1, 0.15) is 0 Å². The second-order valence-corrected chi connectivity index (χ2v) is 17.1. The Kier molecular flexibility index (Phi) is 23.8. The number of hydrogen-bond donors (Lipinski definition) is 0. The summed E-state index contributed by atoms with van der Waals surface area (Å²) in [5, 5.41) is 0. The summed E-state index contributed by atoms with van der Waals surface area (Å²) >= 11 is 0. The van der Waals surface area contributed by atoms with Crippen LogP contribution in [0.25, 0.3) is 0 Å². The van der Waals surface area contributed by atoms with Crippen LogP contribution in [0.5, 0.6) is 0 Å². The van der Waals surface area contributed by atoms with E-state index in [9.17, 15) is 0 Å². The van der Waals surface area contributed by atoms with Crippen LogP contribution in [0, 0.1) is 41.4 Å². The fourth-order valence-electron chi connectivity index (χ4n) is 9.34. The largest absolute Gasteiger partial charge is 0.0625 e. The van der Waals surface area contributed by atoms with Crippen molar-refractivity contribution in [3.63, 3.8) is 0 Å². The topological polar surface area (TPSA) is 0 Å². The maximum Gasteiger partial charge on any atom is -0.0388 e. The van der Waals surface area contributed by atoms with E-state index in [0.29, 0.717) is 0 Å². The summed E-state index contributed by atoms with van der Waals surface area (Å²) < 4.78 is 0. The summed E-state index contributed by atoms with van der Waals surface area (Å²) in [4.78, 5) is 0. The summed E-state index contributed by atoms with van der Waals surface area (Å²) in [7, 11) is 0. The molecule has 0 aromatic rings. The molecule has 0 amide bonds. The third-order valence-corrected chi connectivity index (χ3v) is 12.4. The molecule has 0 saturated heterocycles. The molecule has 2 rings (SSSR count). The molecule has 0 spiro atoms. The molecule has 0 heterocycles. The quantitative estimate of drug-likeness (QED) is 0.259. The van der Waals surface area contributed by atoms with Crippen molar-refractivity contribution < 1.29 is 0 Å². The van der Waals surface area contributed by atoms with Crippen LogP contribution >= 0.6 is 0 Å². The minimum absolute atomic E-state index is 0.916. The Morgan fingerprint density at radius 3 is 1.02 bits per heavy atom. The molecular formula is C43H84. The zero-order valence-electron chi connectivity index (χ0n) is 31.0. The smallest absolute Gasteiger partial charge is 0.0388 e. The fourth-order valence-corrected chi connectivity index (χ4v) is 9.34. The van der Waals surface area contributed by atoms with E-state index >= 15 is 0 Å². The third-order valence-electron chi connectivity index (χ3n) is 12.4. The lowest BCUT2D eigenvalue weighted by molar-refractivity contribution is 0.245. The Balaban J connectivity index is 2.01. The predicted octanol–water partition coefficient (Wildman–Crippen LogP) is 15.5. The van der Waals surface area contributed by atoms with Crippen LogP contribution < -0.4 is 0 Å². The Hall–Kier alpha value is 0. The maximum absolute atomic E-state index is 2.64. The molecular weight excluding hydrogens is 516 g/mol. The molecule has 0 radical (unpaired) electrons. The highest BCUT2D eigenvalue weighted by Crippen LogP contribution is 2.33. The van der Waals surface area contributed by atoms with Crippen molar-refractivity contribution in [2.75, 3.05) is 0 Å². The molecule has 2 saturated carbocycles. The van der Waals surface area contributed by atoms with E-state index in [1.165, 1.54) is 199 Å². The van der Waals surface area contributed by atoms with Crippen LogP contribution in [0.1, 0.15) is 234 Å². The first-order valence-corrected chi connectivity index (χ1v) is 20.9. The van der Waals surface area contributed by atoms with Gasteiger partial charge in [0, 0.05) is 0 Å². The molecule has 7 atom stereocenters. The van der Waals surface area contributed by atoms with Crippen LogP contribution in [-0.2, 0) is 0 Å². The van der Waals surface area contributed by atoms with E-state index in [1.807, 2.05) is 0 Å². The minimum atomic E-state index is 0.916. The van der Waals surface area contributed by atoms with Gasteiger partial charge in [0.25, 0.3) is 0 Å². The Bertz CT molecular complexity index is 583. The van der Waals surface area contributed by atoms with E-state index in [2.05, 4.69) is 34.6 Å². The SMILES string of the molecule is CC1CCCC2CCCCCCCCCCCCCCCCCCC(CCC(C)CC(C)CCC2)C(C)CCCC(C)C1. The first-order chi connectivity index (χ1) is 20.9. The monoisotopic (exact) mass is 601 g/mol. The van der Waals surface area contributed by atoms with Gasteiger partial charge in [-0.15, -0.1) is 0 Å². The summed E-state index contributed by atoms with van der Waals surface area (Å²) in [5.74, 6) is 6.60. The molecule has 2 fully saturated rings. The number of hydrogen-bond acceptors (Lipinski definition) is 0. The van der Waals surface area contributed by atoms with Crippen molar-refractivity contribution in [2.45, 2.75) is 234 Å². The van der Waals surface area contributed by atoms with Gasteiger partial charge >= 0.3 is 0 Å². The first kappa shape index (κ1) is 39.2. The average Bonchev–Trinajstić information content (AvgIpc) is 2.96. The van der Waals surface area contributed by atoms with Gasteiger partial charge in [0.15, 0.2) is 0 Å². The lowest BCUT2D eigenvalue weighted by Crippen LogP contribution is -2.15. The van der Waals surface area contributed by atoms with Crippen molar-refractivity contribution in [1.82, 2.24) is 0 Å². The third kappa shape index (κ3) is 21.4. The lowest BCUT2D eigenvalue weighted by Gasteiger charge is -2.27. The number of rotatable bonds is 0. The van der Waals surface area contributed by atoms with Gasteiger partial charge < -0.3 is 0 Å². The van der Waals surface area contributed by atoms with E-state index in [0.717, 1.165) is 41.4 Å². The summed E-state index contributed by atoms with van der Waals surface area (Å²) in [5.41, 5.74) is 0. The molecule has 2 bridgehead atoms. The first-order valence-electron chi connectivity index (χ1n) is 20.9. The van der Waals surface area contributed by atoms with Crippen molar-refractivity contribution in [3.8, 4) is 0 Å². The van der Waals surface area contributed by atoms with Crippen LogP contribution in [0.4, 0.5) is 0 Å². The van der Waals surface area contributed by atoms with Crippen molar-refractivity contribution >= 4 is 0 Å². The Labute approximate surface area is 274 Å². The molecule has 2 aliphatic carbocycles. The second kappa shape index (κ2) is 26.1.